The second kappa shape index (κ2) is 5.91. The Morgan fingerprint density at radius 1 is 1.46 bits per heavy atom. The molecule has 0 aliphatic carbocycles. The van der Waals surface area contributed by atoms with Crippen LogP contribution in [0.3, 0.4) is 0 Å². The van der Waals surface area contributed by atoms with Crippen molar-refractivity contribution in [3.63, 3.8) is 0 Å². The molecule has 13 heavy (non-hydrogen) atoms. The summed E-state index contributed by atoms with van der Waals surface area (Å²) < 4.78 is 0. The SMILES string of the molecule is CCCC[C@H](O)[C@H](C(C)C)[N+](=O)[O-]. The van der Waals surface area contributed by atoms with Crippen molar-refractivity contribution in [1.29, 1.82) is 0 Å². The summed E-state index contributed by atoms with van der Waals surface area (Å²) in [5.41, 5.74) is 0. The molecule has 0 bridgehead atoms. The minimum absolute atomic E-state index is 0.109. The lowest BCUT2D eigenvalue weighted by Crippen LogP contribution is -2.38. The number of aliphatic hydroxyl groups excluding tert-OH is 1. The summed E-state index contributed by atoms with van der Waals surface area (Å²) in [6.45, 7) is 5.54. The van der Waals surface area contributed by atoms with Gasteiger partial charge in [0.25, 0.3) is 0 Å². The first-order chi connectivity index (χ1) is 6.00. The lowest BCUT2D eigenvalue weighted by Gasteiger charge is -2.18. The van der Waals surface area contributed by atoms with Crippen molar-refractivity contribution in [3.05, 3.63) is 10.1 Å². The monoisotopic (exact) mass is 189 g/mol. The molecule has 0 radical (unpaired) electrons. The number of unbranched alkanes of at least 4 members (excludes halogenated alkanes) is 1. The van der Waals surface area contributed by atoms with Gasteiger partial charge in [-0.1, -0.05) is 33.6 Å². The third-order valence-electron chi connectivity index (χ3n) is 2.17. The first kappa shape index (κ1) is 12.4. The third-order valence-corrected chi connectivity index (χ3v) is 2.17. The van der Waals surface area contributed by atoms with Crippen LogP contribution in [0.25, 0.3) is 0 Å². The van der Waals surface area contributed by atoms with Gasteiger partial charge in [0.1, 0.15) is 6.10 Å². The average molecular weight is 189 g/mol. The van der Waals surface area contributed by atoms with Crippen LogP contribution in [-0.2, 0) is 0 Å². The van der Waals surface area contributed by atoms with Crippen molar-refractivity contribution in [2.45, 2.75) is 52.2 Å². The highest BCUT2D eigenvalue weighted by molar-refractivity contribution is 4.71. The number of aliphatic hydroxyl groups is 1. The highest BCUT2D eigenvalue weighted by Crippen LogP contribution is 2.14. The molecule has 1 N–H and O–H groups in total. The Kier molecular flexibility index (Phi) is 5.62. The Morgan fingerprint density at radius 2 is 2.00 bits per heavy atom. The Labute approximate surface area is 79.1 Å². The van der Waals surface area contributed by atoms with Gasteiger partial charge in [0, 0.05) is 10.8 Å². The van der Waals surface area contributed by atoms with Gasteiger partial charge in [0.05, 0.1) is 0 Å². The van der Waals surface area contributed by atoms with Gasteiger partial charge >= 0.3 is 0 Å². The van der Waals surface area contributed by atoms with Crippen LogP contribution < -0.4 is 0 Å². The van der Waals surface area contributed by atoms with Crippen molar-refractivity contribution in [1.82, 2.24) is 0 Å². The van der Waals surface area contributed by atoms with E-state index in [2.05, 4.69) is 0 Å². The van der Waals surface area contributed by atoms with Crippen LogP contribution in [0.2, 0.25) is 0 Å². The maximum Gasteiger partial charge on any atom is 0.240 e. The van der Waals surface area contributed by atoms with E-state index >= 15 is 0 Å². The average Bonchev–Trinajstić information content (AvgIpc) is 1.99. The molecule has 0 amide bonds. The zero-order valence-electron chi connectivity index (χ0n) is 8.56. The molecule has 0 saturated carbocycles. The first-order valence-corrected chi connectivity index (χ1v) is 4.82. The van der Waals surface area contributed by atoms with E-state index in [4.69, 9.17) is 0 Å². The number of hydrogen-bond acceptors (Lipinski definition) is 3. The van der Waals surface area contributed by atoms with Crippen molar-refractivity contribution >= 4 is 0 Å². The Morgan fingerprint density at radius 3 is 2.31 bits per heavy atom. The summed E-state index contributed by atoms with van der Waals surface area (Å²) in [7, 11) is 0. The summed E-state index contributed by atoms with van der Waals surface area (Å²) in [5, 5.41) is 20.1. The van der Waals surface area contributed by atoms with E-state index in [-0.39, 0.29) is 10.8 Å². The lowest BCUT2D eigenvalue weighted by atomic mass is 9.96. The van der Waals surface area contributed by atoms with Crippen LogP contribution in [-0.4, -0.2) is 22.2 Å². The fourth-order valence-electron chi connectivity index (χ4n) is 1.41. The molecule has 4 heteroatoms. The standard InChI is InChI=1S/C9H19NO3/c1-4-5-6-8(11)9(7(2)3)10(12)13/h7-9,11H,4-6H2,1-3H3/t8-,9-/m0/s1. The summed E-state index contributed by atoms with van der Waals surface area (Å²) >= 11 is 0. The Bertz CT molecular complexity index is 159. The molecule has 0 aliphatic rings. The van der Waals surface area contributed by atoms with Gasteiger partial charge in [-0.2, -0.15) is 0 Å². The van der Waals surface area contributed by atoms with E-state index in [1.807, 2.05) is 6.92 Å². The summed E-state index contributed by atoms with van der Waals surface area (Å²) in [4.78, 5) is 10.2. The molecule has 0 aromatic carbocycles. The molecule has 0 fully saturated rings. The van der Waals surface area contributed by atoms with Gasteiger partial charge < -0.3 is 5.11 Å². The fraction of sp³-hybridized carbons (Fsp3) is 1.00. The fourth-order valence-corrected chi connectivity index (χ4v) is 1.41. The molecule has 0 saturated heterocycles. The second-order valence-electron chi connectivity index (χ2n) is 3.73. The van der Waals surface area contributed by atoms with Crippen molar-refractivity contribution < 1.29 is 10.0 Å². The Balaban J connectivity index is 4.12. The molecule has 78 valence electrons. The van der Waals surface area contributed by atoms with Crippen LogP contribution in [0.1, 0.15) is 40.0 Å². The molecular weight excluding hydrogens is 170 g/mol. The smallest absolute Gasteiger partial charge is 0.240 e. The molecule has 4 nitrogen and oxygen atoms in total. The minimum atomic E-state index is -0.813. The Hall–Kier alpha value is -0.640. The van der Waals surface area contributed by atoms with E-state index in [1.54, 1.807) is 13.8 Å². The highest BCUT2D eigenvalue weighted by atomic mass is 16.6. The number of rotatable bonds is 6. The molecule has 0 rings (SSSR count). The van der Waals surface area contributed by atoms with Crippen LogP contribution in [0.4, 0.5) is 0 Å². The minimum Gasteiger partial charge on any atom is -0.386 e. The van der Waals surface area contributed by atoms with Crippen LogP contribution >= 0.6 is 0 Å². The molecule has 0 aliphatic heterocycles. The third kappa shape index (κ3) is 4.22. The lowest BCUT2D eigenvalue weighted by molar-refractivity contribution is -0.542. The van der Waals surface area contributed by atoms with Crippen molar-refractivity contribution in [2.24, 2.45) is 5.92 Å². The van der Waals surface area contributed by atoms with Crippen molar-refractivity contribution in [2.75, 3.05) is 0 Å². The van der Waals surface area contributed by atoms with Gasteiger partial charge in [-0.15, -0.1) is 0 Å². The predicted octanol–water partition coefficient (Wildman–Crippen LogP) is 1.84. The first-order valence-electron chi connectivity index (χ1n) is 4.82. The van der Waals surface area contributed by atoms with E-state index in [0.717, 1.165) is 12.8 Å². The number of nitro groups is 1. The normalized spacial score (nSPS) is 15.8. The maximum atomic E-state index is 10.6. The zero-order chi connectivity index (χ0) is 10.4. The van der Waals surface area contributed by atoms with Gasteiger partial charge in [-0.05, 0) is 6.42 Å². The van der Waals surface area contributed by atoms with E-state index in [1.165, 1.54) is 0 Å². The van der Waals surface area contributed by atoms with Gasteiger partial charge in [0.2, 0.25) is 6.04 Å². The number of nitrogens with zero attached hydrogens (tertiary/aromatic N) is 1. The maximum absolute atomic E-state index is 10.6. The van der Waals surface area contributed by atoms with E-state index < -0.39 is 12.1 Å². The van der Waals surface area contributed by atoms with E-state index in [0.29, 0.717) is 6.42 Å². The van der Waals surface area contributed by atoms with Crippen LogP contribution in [0.15, 0.2) is 0 Å². The second-order valence-corrected chi connectivity index (χ2v) is 3.73. The van der Waals surface area contributed by atoms with Gasteiger partial charge in [-0.3, -0.25) is 10.1 Å². The number of hydrogen-bond donors (Lipinski definition) is 1. The molecule has 0 heterocycles. The molecule has 0 aromatic heterocycles. The molecular formula is C9H19NO3. The highest BCUT2D eigenvalue weighted by Gasteiger charge is 2.32. The van der Waals surface area contributed by atoms with E-state index in [9.17, 15) is 15.2 Å². The summed E-state index contributed by atoms with van der Waals surface area (Å²) in [6, 6.07) is -0.813. The van der Waals surface area contributed by atoms with Crippen molar-refractivity contribution in [3.8, 4) is 0 Å². The molecule has 0 aromatic rings. The molecule has 2 atom stereocenters. The van der Waals surface area contributed by atoms with Crippen LogP contribution in [0, 0.1) is 16.0 Å². The zero-order valence-corrected chi connectivity index (χ0v) is 8.56. The molecule has 0 spiro atoms. The molecule has 0 unspecified atom stereocenters. The quantitative estimate of drug-likeness (QED) is 0.512. The predicted molar refractivity (Wildman–Crippen MR) is 51.2 cm³/mol. The van der Waals surface area contributed by atoms with Gasteiger partial charge in [-0.25, -0.2) is 0 Å². The van der Waals surface area contributed by atoms with Gasteiger partial charge in [0.15, 0.2) is 0 Å². The summed E-state index contributed by atoms with van der Waals surface area (Å²) in [6.07, 6.45) is 1.54. The summed E-state index contributed by atoms with van der Waals surface area (Å²) in [5.74, 6) is -0.109. The van der Waals surface area contributed by atoms with Crippen LogP contribution in [0.5, 0.6) is 0 Å². The largest absolute Gasteiger partial charge is 0.386 e. The topological polar surface area (TPSA) is 63.4 Å².